The van der Waals surface area contributed by atoms with Gasteiger partial charge in [-0.1, -0.05) is 6.92 Å². The van der Waals surface area contributed by atoms with Gasteiger partial charge in [-0.05, 0) is 68.0 Å². The number of carbonyl (C=O) groups is 2. The van der Waals surface area contributed by atoms with Gasteiger partial charge in [0.15, 0.2) is 0 Å². The molecule has 3 rings (SSSR count). The van der Waals surface area contributed by atoms with Crippen LogP contribution < -0.4 is 0 Å². The summed E-state index contributed by atoms with van der Waals surface area (Å²) in [6.07, 6.45) is 2.54. The topological polar surface area (TPSA) is 102 Å². The Morgan fingerprint density at radius 1 is 1.24 bits per heavy atom. The molecule has 1 aliphatic heterocycles. The molecule has 6 nitrogen and oxygen atoms in total. The van der Waals surface area contributed by atoms with Gasteiger partial charge in [-0.15, -0.1) is 11.3 Å². The molecule has 2 aromatic rings. The minimum atomic E-state index is -1.82. The highest BCUT2D eigenvalue weighted by Crippen LogP contribution is 2.36. The smallest absolute Gasteiger partial charge is 0.414 e. The Labute approximate surface area is 149 Å². The molecule has 0 spiro atoms. The van der Waals surface area contributed by atoms with Gasteiger partial charge in [-0.25, -0.2) is 9.59 Å². The van der Waals surface area contributed by atoms with E-state index in [2.05, 4.69) is 30.0 Å². The molecule has 1 saturated heterocycles. The van der Waals surface area contributed by atoms with E-state index in [9.17, 15) is 0 Å². The van der Waals surface area contributed by atoms with Crippen molar-refractivity contribution < 1.29 is 19.8 Å². The molecule has 1 aromatic carbocycles. The maximum atomic E-state index is 9.10. The van der Waals surface area contributed by atoms with Crippen molar-refractivity contribution in [3.8, 4) is 6.07 Å². The highest BCUT2D eigenvalue weighted by molar-refractivity contribution is 7.19. The summed E-state index contributed by atoms with van der Waals surface area (Å²) in [5.41, 5.74) is 0.762. The van der Waals surface area contributed by atoms with Crippen LogP contribution in [0.3, 0.4) is 0 Å². The second-order valence-corrected chi connectivity index (χ2v) is 6.95. The highest BCUT2D eigenvalue weighted by atomic mass is 32.1. The third-order valence-electron chi connectivity index (χ3n) is 4.28. The van der Waals surface area contributed by atoms with Crippen LogP contribution in [0.25, 0.3) is 10.1 Å². The first-order chi connectivity index (χ1) is 11.9. The van der Waals surface area contributed by atoms with Gasteiger partial charge >= 0.3 is 11.9 Å². The van der Waals surface area contributed by atoms with Crippen molar-refractivity contribution in [3.63, 3.8) is 0 Å². The van der Waals surface area contributed by atoms with Crippen molar-refractivity contribution in [3.05, 3.63) is 34.7 Å². The molecule has 0 bridgehead atoms. The predicted octanol–water partition coefficient (Wildman–Crippen LogP) is 3.13. The van der Waals surface area contributed by atoms with E-state index in [1.54, 1.807) is 0 Å². The second kappa shape index (κ2) is 8.60. The summed E-state index contributed by atoms with van der Waals surface area (Å²) in [5, 5.41) is 25.0. The molecule has 0 saturated carbocycles. The third-order valence-corrected chi connectivity index (χ3v) is 5.56. The Bertz CT molecular complexity index is 789. The molecule has 0 unspecified atom stereocenters. The summed E-state index contributed by atoms with van der Waals surface area (Å²) in [4.78, 5) is 22.2. The van der Waals surface area contributed by atoms with Crippen molar-refractivity contribution in [2.75, 3.05) is 19.6 Å². The summed E-state index contributed by atoms with van der Waals surface area (Å²) in [6, 6.07) is 10.5. The number of nitrogens with zero attached hydrogens (tertiary/aromatic N) is 2. The second-order valence-electron chi connectivity index (χ2n) is 5.83. The zero-order valence-electron chi connectivity index (χ0n) is 13.9. The number of rotatable bonds is 2. The van der Waals surface area contributed by atoms with Crippen LogP contribution in [-0.2, 0) is 9.59 Å². The molecule has 7 heteroatoms. The van der Waals surface area contributed by atoms with E-state index in [0.29, 0.717) is 5.92 Å². The summed E-state index contributed by atoms with van der Waals surface area (Å²) in [6.45, 7) is 5.85. The maximum Gasteiger partial charge on any atom is 0.414 e. The molecule has 25 heavy (non-hydrogen) atoms. The lowest BCUT2D eigenvalue weighted by Crippen LogP contribution is -2.32. The number of nitriles is 1. The molecular formula is C18H20N2O4S. The van der Waals surface area contributed by atoms with E-state index in [-0.39, 0.29) is 0 Å². The largest absolute Gasteiger partial charge is 0.473 e. The van der Waals surface area contributed by atoms with E-state index in [1.165, 1.54) is 47.4 Å². The van der Waals surface area contributed by atoms with Gasteiger partial charge in [-0.3, -0.25) is 0 Å². The van der Waals surface area contributed by atoms with Gasteiger partial charge in [0.25, 0.3) is 0 Å². The number of likely N-dealkylation sites (tertiary alicyclic amines) is 1. The number of hydrogen-bond acceptors (Lipinski definition) is 5. The number of hydrogen-bond donors (Lipinski definition) is 2. The summed E-state index contributed by atoms with van der Waals surface area (Å²) >= 11 is 1.90. The summed E-state index contributed by atoms with van der Waals surface area (Å²) in [7, 11) is 0. The number of piperidine rings is 1. The minimum Gasteiger partial charge on any atom is -0.473 e. The number of fused-ring (bicyclic) bond motifs is 1. The van der Waals surface area contributed by atoms with Gasteiger partial charge in [0, 0.05) is 9.58 Å². The van der Waals surface area contributed by atoms with Crippen LogP contribution in [0, 0.1) is 11.3 Å². The van der Waals surface area contributed by atoms with Gasteiger partial charge in [0.2, 0.25) is 0 Å². The molecule has 132 valence electrons. The van der Waals surface area contributed by atoms with E-state index in [4.69, 9.17) is 25.1 Å². The number of benzene rings is 1. The highest BCUT2D eigenvalue weighted by Gasteiger charge is 2.21. The fourth-order valence-corrected chi connectivity index (χ4v) is 4.08. The van der Waals surface area contributed by atoms with Gasteiger partial charge in [0.05, 0.1) is 11.6 Å². The van der Waals surface area contributed by atoms with Gasteiger partial charge in [-0.2, -0.15) is 5.26 Å². The number of carboxylic acid groups (broad SMARTS) is 2. The lowest BCUT2D eigenvalue weighted by Gasteiger charge is -2.30. The van der Waals surface area contributed by atoms with Crippen LogP contribution in [-0.4, -0.2) is 46.7 Å². The van der Waals surface area contributed by atoms with Crippen LogP contribution in [0.5, 0.6) is 0 Å². The first kappa shape index (κ1) is 18.9. The Morgan fingerprint density at radius 2 is 1.88 bits per heavy atom. The predicted molar refractivity (Wildman–Crippen MR) is 95.9 cm³/mol. The number of carboxylic acids is 2. The van der Waals surface area contributed by atoms with E-state index in [0.717, 1.165) is 5.56 Å². The zero-order valence-corrected chi connectivity index (χ0v) is 14.8. The van der Waals surface area contributed by atoms with Crippen molar-refractivity contribution in [1.29, 1.82) is 5.26 Å². The summed E-state index contributed by atoms with van der Waals surface area (Å²) in [5.74, 6) is -2.93. The van der Waals surface area contributed by atoms with Crippen LogP contribution in [0.1, 0.15) is 36.1 Å². The minimum absolute atomic E-state index is 0.714. The first-order valence-corrected chi connectivity index (χ1v) is 8.88. The maximum absolute atomic E-state index is 9.10. The van der Waals surface area contributed by atoms with E-state index in [1.807, 2.05) is 23.5 Å². The normalized spacial score (nSPS) is 15.2. The van der Waals surface area contributed by atoms with Crippen molar-refractivity contribution >= 4 is 33.4 Å². The number of thiophene rings is 1. The standard InChI is InChI=1S/C16H18N2S.C2H2O4/c1-2-18-7-5-13(6-8-18)16-10-14-9-12(11-17)3-4-15(14)19-16;3-1(4)2(5)6/h3-4,9-10,13H,2,5-8H2,1H3;(H,3,4)(H,5,6). The van der Waals surface area contributed by atoms with Crippen molar-refractivity contribution in [2.24, 2.45) is 0 Å². The molecule has 2 N–H and O–H groups in total. The SMILES string of the molecule is CCN1CCC(c2cc3cc(C#N)ccc3s2)CC1.O=C(O)C(=O)O. The molecular weight excluding hydrogens is 340 g/mol. The molecule has 1 aromatic heterocycles. The molecule has 0 aliphatic carbocycles. The molecule has 2 heterocycles. The lowest BCUT2D eigenvalue weighted by atomic mass is 9.95. The van der Waals surface area contributed by atoms with Crippen molar-refractivity contribution in [2.45, 2.75) is 25.7 Å². The molecule has 0 atom stereocenters. The molecule has 1 aliphatic rings. The average molecular weight is 360 g/mol. The van der Waals surface area contributed by atoms with Crippen molar-refractivity contribution in [1.82, 2.24) is 4.90 Å². The third kappa shape index (κ3) is 5.02. The monoisotopic (exact) mass is 360 g/mol. The summed E-state index contributed by atoms with van der Waals surface area (Å²) < 4.78 is 1.31. The van der Waals surface area contributed by atoms with Gasteiger partial charge < -0.3 is 15.1 Å². The van der Waals surface area contributed by atoms with E-state index < -0.39 is 11.9 Å². The van der Waals surface area contributed by atoms with Crippen LogP contribution >= 0.6 is 11.3 Å². The van der Waals surface area contributed by atoms with Gasteiger partial charge in [0.1, 0.15) is 0 Å². The Morgan fingerprint density at radius 3 is 2.40 bits per heavy atom. The molecule has 0 radical (unpaired) electrons. The molecule has 0 amide bonds. The fraction of sp³-hybridized carbons (Fsp3) is 0.389. The molecule has 1 fully saturated rings. The quantitative estimate of drug-likeness (QED) is 0.798. The van der Waals surface area contributed by atoms with Crippen LogP contribution in [0.4, 0.5) is 0 Å². The number of aliphatic carboxylic acids is 2. The Kier molecular flexibility index (Phi) is 6.51. The fourth-order valence-electron chi connectivity index (χ4n) is 2.87. The average Bonchev–Trinajstić information content (AvgIpc) is 3.05. The lowest BCUT2D eigenvalue weighted by molar-refractivity contribution is -0.159. The Hall–Kier alpha value is -2.43. The van der Waals surface area contributed by atoms with E-state index >= 15 is 0 Å². The Balaban J connectivity index is 0.000000326. The van der Waals surface area contributed by atoms with Crippen LogP contribution in [0.15, 0.2) is 24.3 Å². The first-order valence-electron chi connectivity index (χ1n) is 8.06. The van der Waals surface area contributed by atoms with Crippen LogP contribution in [0.2, 0.25) is 0 Å². The zero-order chi connectivity index (χ0) is 18.4.